The van der Waals surface area contributed by atoms with Crippen LogP contribution >= 0.6 is 0 Å². The average Bonchev–Trinajstić information content (AvgIpc) is 2.66. The zero-order valence-corrected chi connectivity index (χ0v) is 17.0. The van der Waals surface area contributed by atoms with E-state index in [0.717, 1.165) is 6.92 Å². The summed E-state index contributed by atoms with van der Waals surface area (Å²) in [7, 11) is 0. The van der Waals surface area contributed by atoms with Crippen molar-refractivity contribution < 1.29 is 43.9 Å². The highest BCUT2D eigenvalue weighted by molar-refractivity contribution is 6.37. The molecule has 0 aliphatic heterocycles. The van der Waals surface area contributed by atoms with E-state index in [1.807, 2.05) is 0 Å². The first kappa shape index (κ1) is 24.6. The predicted molar refractivity (Wildman–Crippen MR) is 103 cm³/mol. The van der Waals surface area contributed by atoms with Gasteiger partial charge in [0.2, 0.25) is 0 Å². The van der Waals surface area contributed by atoms with Crippen molar-refractivity contribution in [1.29, 1.82) is 0 Å². The minimum atomic E-state index is -1.64. The monoisotopic (exact) mass is 423 g/mol. The fourth-order valence-corrected chi connectivity index (χ4v) is 3.09. The molecule has 30 heavy (non-hydrogen) atoms. The molecule has 0 fully saturated rings. The molecule has 2 N–H and O–H groups in total. The molecule has 0 amide bonds. The van der Waals surface area contributed by atoms with Crippen molar-refractivity contribution in [2.75, 3.05) is 13.2 Å². The van der Waals surface area contributed by atoms with Crippen molar-refractivity contribution in [3.05, 3.63) is 40.6 Å². The fraction of sp³-hybridized carbons (Fsp3) is 0.450. The van der Waals surface area contributed by atoms with Crippen LogP contribution in [0.25, 0.3) is 0 Å². The van der Waals surface area contributed by atoms with E-state index in [0.29, 0.717) is 5.56 Å². The molecule has 1 aromatic rings. The lowest BCUT2D eigenvalue weighted by atomic mass is 9.77. The third-order valence-electron chi connectivity index (χ3n) is 4.30. The highest BCUT2D eigenvalue weighted by atomic mass is 16.8. The molecule has 1 aromatic carbocycles. The highest BCUT2D eigenvalue weighted by Crippen LogP contribution is 2.32. The van der Waals surface area contributed by atoms with E-state index in [2.05, 4.69) is 0 Å². The number of aliphatic carboxylic acids is 1. The number of ketones is 1. The molecule has 0 spiro atoms. The van der Waals surface area contributed by atoms with E-state index >= 15 is 0 Å². The molecule has 0 aliphatic carbocycles. The van der Waals surface area contributed by atoms with Gasteiger partial charge in [-0.3, -0.25) is 19.6 Å². The third kappa shape index (κ3) is 6.29. The maximum absolute atomic E-state index is 12.6. The van der Waals surface area contributed by atoms with Crippen molar-refractivity contribution in [3.8, 4) is 0 Å². The SMILES string of the molecule is CCOC(=O)/C(C(c1ccccc1CCC(=O)O)C(C(C)=O)C(=O)OCC)=[N+](\[O-])O. The first-order chi connectivity index (χ1) is 14.1. The number of rotatable bonds is 11. The number of aryl methyl sites for hydroxylation is 1. The van der Waals surface area contributed by atoms with Crippen molar-refractivity contribution >= 4 is 29.4 Å². The molecule has 164 valence electrons. The zero-order valence-electron chi connectivity index (χ0n) is 17.0. The van der Waals surface area contributed by atoms with Gasteiger partial charge in [-0.1, -0.05) is 24.3 Å². The first-order valence-electron chi connectivity index (χ1n) is 9.32. The number of carbonyl (C=O) groups is 4. The van der Waals surface area contributed by atoms with Crippen LogP contribution in [0.3, 0.4) is 0 Å². The van der Waals surface area contributed by atoms with Crippen LogP contribution in [0, 0.1) is 11.1 Å². The lowest BCUT2D eigenvalue weighted by Gasteiger charge is -2.24. The molecule has 0 radical (unpaired) electrons. The molecule has 2 unspecified atom stereocenters. The summed E-state index contributed by atoms with van der Waals surface area (Å²) in [6.45, 7) is 3.89. The molecular formula is C20H25NO9. The summed E-state index contributed by atoms with van der Waals surface area (Å²) >= 11 is 0. The van der Waals surface area contributed by atoms with E-state index in [1.54, 1.807) is 12.1 Å². The fourth-order valence-electron chi connectivity index (χ4n) is 3.09. The van der Waals surface area contributed by atoms with Gasteiger partial charge in [0.1, 0.15) is 17.6 Å². The second kappa shape index (κ2) is 11.5. The van der Waals surface area contributed by atoms with Crippen LogP contribution in [0.5, 0.6) is 0 Å². The second-order valence-corrected chi connectivity index (χ2v) is 6.29. The zero-order chi connectivity index (χ0) is 22.8. The summed E-state index contributed by atoms with van der Waals surface area (Å²) in [6.07, 6.45) is -0.279. The molecule has 0 aromatic heterocycles. The van der Waals surface area contributed by atoms with Crippen molar-refractivity contribution in [1.82, 2.24) is 0 Å². The van der Waals surface area contributed by atoms with E-state index in [-0.39, 0.29) is 31.6 Å². The number of hydrogen-bond acceptors (Lipinski definition) is 8. The number of hydrogen-bond donors (Lipinski definition) is 2. The molecule has 0 aliphatic rings. The summed E-state index contributed by atoms with van der Waals surface area (Å²) in [5.74, 6) is -7.20. The Kier molecular flexibility index (Phi) is 9.47. The maximum atomic E-state index is 12.6. The lowest BCUT2D eigenvalue weighted by Crippen LogP contribution is -2.41. The topological polar surface area (TPSA) is 153 Å². The Hall–Kier alpha value is -3.43. The second-order valence-electron chi connectivity index (χ2n) is 6.29. The summed E-state index contributed by atoms with van der Waals surface area (Å²) in [4.78, 5) is 47.7. The Balaban J connectivity index is 3.76. The Morgan fingerprint density at radius 3 is 2.20 bits per heavy atom. The number of carbonyl (C=O) groups excluding carboxylic acids is 3. The number of Topliss-reactive ketones (excluding diaryl/α,β-unsaturated/α-hetero) is 1. The van der Waals surface area contributed by atoms with Crippen molar-refractivity contribution in [2.24, 2.45) is 5.92 Å². The van der Waals surface area contributed by atoms with Crippen LogP contribution in [0.4, 0.5) is 0 Å². The number of esters is 2. The van der Waals surface area contributed by atoms with Crippen LogP contribution in [-0.4, -0.2) is 57.8 Å². The molecular weight excluding hydrogens is 398 g/mol. The largest absolute Gasteiger partial charge is 0.481 e. The minimum Gasteiger partial charge on any atom is -0.481 e. The first-order valence-corrected chi connectivity index (χ1v) is 9.32. The van der Waals surface area contributed by atoms with Crippen LogP contribution in [0.1, 0.15) is 44.2 Å². The van der Waals surface area contributed by atoms with Gasteiger partial charge in [0.05, 0.1) is 13.2 Å². The Labute approximate surface area is 173 Å². The quantitative estimate of drug-likeness (QED) is 0.134. The Morgan fingerprint density at radius 1 is 1.10 bits per heavy atom. The van der Waals surface area contributed by atoms with Gasteiger partial charge in [-0.25, -0.2) is 4.79 Å². The summed E-state index contributed by atoms with van der Waals surface area (Å²) in [5, 5.41) is 30.6. The molecule has 0 bridgehead atoms. The van der Waals surface area contributed by atoms with Gasteiger partial charge < -0.3 is 19.8 Å². The molecule has 0 heterocycles. The lowest BCUT2D eigenvalue weighted by molar-refractivity contribution is -0.726. The Morgan fingerprint density at radius 2 is 1.70 bits per heavy atom. The van der Waals surface area contributed by atoms with Crippen LogP contribution in [0.2, 0.25) is 0 Å². The van der Waals surface area contributed by atoms with Crippen molar-refractivity contribution in [2.45, 2.75) is 39.5 Å². The number of ether oxygens (including phenoxy) is 2. The minimum absolute atomic E-state index is 0.00412. The molecule has 10 nitrogen and oxygen atoms in total. The van der Waals surface area contributed by atoms with Crippen LogP contribution < -0.4 is 0 Å². The summed E-state index contributed by atoms with van der Waals surface area (Å²) < 4.78 is 9.79. The van der Waals surface area contributed by atoms with Gasteiger partial charge in [-0.2, -0.15) is 0 Å². The van der Waals surface area contributed by atoms with E-state index < -0.39 is 46.1 Å². The molecule has 0 saturated heterocycles. The average molecular weight is 423 g/mol. The van der Waals surface area contributed by atoms with E-state index in [1.165, 1.54) is 26.0 Å². The predicted octanol–water partition coefficient (Wildman–Crippen LogP) is 1.46. The van der Waals surface area contributed by atoms with Gasteiger partial charge in [-0.05, 0) is 38.3 Å². The van der Waals surface area contributed by atoms with Crippen LogP contribution in [-0.2, 0) is 35.1 Å². The van der Waals surface area contributed by atoms with Gasteiger partial charge in [0, 0.05) is 11.3 Å². The number of carboxylic acids is 1. The van der Waals surface area contributed by atoms with Gasteiger partial charge in [-0.15, -0.1) is 0 Å². The number of carboxylic acid groups (broad SMARTS) is 1. The van der Waals surface area contributed by atoms with Crippen molar-refractivity contribution in [3.63, 3.8) is 0 Å². The van der Waals surface area contributed by atoms with E-state index in [9.17, 15) is 29.6 Å². The maximum Gasteiger partial charge on any atom is 0.405 e. The third-order valence-corrected chi connectivity index (χ3v) is 4.30. The summed E-state index contributed by atoms with van der Waals surface area (Å²) in [6, 6.07) is 6.12. The van der Waals surface area contributed by atoms with Gasteiger partial charge in [0.15, 0.2) is 0 Å². The Bertz CT molecular complexity index is 827. The molecule has 2 atom stereocenters. The normalized spacial score (nSPS) is 13.6. The number of nitrogens with zero attached hydrogens (tertiary/aromatic N) is 1. The van der Waals surface area contributed by atoms with E-state index in [4.69, 9.17) is 14.6 Å². The number of benzene rings is 1. The van der Waals surface area contributed by atoms with Gasteiger partial charge >= 0.3 is 23.6 Å². The smallest absolute Gasteiger partial charge is 0.405 e. The standard InChI is InChI=1S/C20H25NO9/c1-4-29-19(25)16(12(3)22)17(18(21(27)28)20(26)30-5-2)14-9-7-6-8-13(14)10-11-15(23)24/h6-9,16-17H,4-5,10-11H2,1-3H3,(H,23,24)(H,27,28). The highest BCUT2D eigenvalue weighted by Gasteiger charge is 2.47. The summed E-state index contributed by atoms with van der Waals surface area (Å²) in [5.41, 5.74) is -0.345. The van der Waals surface area contributed by atoms with Gasteiger partial charge in [0.25, 0.3) is 0 Å². The molecule has 0 saturated carbocycles. The van der Waals surface area contributed by atoms with Crippen LogP contribution in [0.15, 0.2) is 24.3 Å². The molecule has 1 rings (SSSR count). The molecule has 10 heteroatoms.